The molecule has 0 bridgehead atoms. The van der Waals surface area contributed by atoms with Crippen molar-refractivity contribution in [1.82, 2.24) is 4.98 Å². The van der Waals surface area contributed by atoms with E-state index in [1.165, 1.54) is 12.1 Å². The van der Waals surface area contributed by atoms with E-state index in [0.717, 1.165) is 46.4 Å². The summed E-state index contributed by atoms with van der Waals surface area (Å²) in [6, 6.07) is 10.1. The minimum Gasteiger partial charge on any atom is -0.358 e. The van der Waals surface area contributed by atoms with Crippen LogP contribution in [0.25, 0.3) is 10.9 Å². The second kappa shape index (κ2) is 7.11. The van der Waals surface area contributed by atoms with Crippen molar-refractivity contribution >= 4 is 34.1 Å². The summed E-state index contributed by atoms with van der Waals surface area (Å²) in [4.78, 5) is 29.5. The molecule has 1 aliphatic heterocycles. The number of benzene rings is 2. The van der Waals surface area contributed by atoms with E-state index in [-0.39, 0.29) is 24.1 Å². The number of fused-ring (bicyclic) bond motifs is 1. The van der Waals surface area contributed by atoms with Crippen LogP contribution in [0.2, 0.25) is 0 Å². The Morgan fingerprint density at radius 3 is 2.75 bits per heavy atom. The molecule has 2 aromatic carbocycles. The number of aromatic nitrogens is 1. The Balaban J connectivity index is 1.51. The number of nitrogens with one attached hydrogen (secondary N) is 2. The predicted molar refractivity (Wildman–Crippen MR) is 108 cm³/mol. The molecule has 2 amide bonds. The quantitative estimate of drug-likeness (QED) is 0.712. The first-order valence-electron chi connectivity index (χ1n) is 9.40. The van der Waals surface area contributed by atoms with Crippen LogP contribution in [0.1, 0.15) is 29.7 Å². The number of anilines is 2. The second-order valence-electron chi connectivity index (χ2n) is 7.29. The number of rotatable bonds is 4. The topological polar surface area (TPSA) is 65.2 Å². The van der Waals surface area contributed by atoms with Gasteiger partial charge >= 0.3 is 0 Å². The summed E-state index contributed by atoms with van der Waals surface area (Å²) in [5.74, 6) is -0.351. The van der Waals surface area contributed by atoms with Crippen LogP contribution in [-0.2, 0) is 16.0 Å². The minimum atomic E-state index is -0.323. The van der Waals surface area contributed by atoms with Gasteiger partial charge in [-0.2, -0.15) is 0 Å². The van der Waals surface area contributed by atoms with Gasteiger partial charge in [0.25, 0.3) is 0 Å². The Morgan fingerprint density at radius 2 is 2.04 bits per heavy atom. The summed E-state index contributed by atoms with van der Waals surface area (Å²) in [7, 11) is 0. The largest absolute Gasteiger partial charge is 0.358 e. The third-order valence-electron chi connectivity index (χ3n) is 5.26. The average Bonchev–Trinajstić information content (AvgIpc) is 3.19. The molecule has 6 heteroatoms. The Bertz CT molecular complexity index is 1090. The van der Waals surface area contributed by atoms with Gasteiger partial charge in [-0.1, -0.05) is 0 Å². The molecule has 4 rings (SSSR count). The molecule has 3 aromatic rings. The molecule has 0 saturated carbocycles. The van der Waals surface area contributed by atoms with Crippen LogP contribution in [0, 0.1) is 19.7 Å². The Morgan fingerprint density at radius 1 is 1.21 bits per heavy atom. The lowest BCUT2D eigenvalue weighted by Gasteiger charge is -2.19. The van der Waals surface area contributed by atoms with Gasteiger partial charge in [0.1, 0.15) is 5.82 Å². The molecule has 5 nitrogen and oxygen atoms in total. The average molecular weight is 379 g/mol. The number of aryl methyl sites for hydroxylation is 2. The van der Waals surface area contributed by atoms with E-state index in [4.69, 9.17) is 0 Å². The lowest BCUT2D eigenvalue weighted by atomic mass is 10.1. The van der Waals surface area contributed by atoms with Crippen molar-refractivity contribution in [3.05, 3.63) is 59.0 Å². The number of nitrogens with zero attached hydrogens (tertiary/aromatic N) is 1. The first-order chi connectivity index (χ1) is 13.4. The summed E-state index contributed by atoms with van der Waals surface area (Å²) in [5.41, 5.74) is 4.98. The number of aromatic amines is 1. The summed E-state index contributed by atoms with van der Waals surface area (Å²) >= 11 is 0. The summed E-state index contributed by atoms with van der Waals surface area (Å²) < 4.78 is 13.6. The molecule has 144 valence electrons. The van der Waals surface area contributed by atoms with Crippen molar-refractivity contribution < 1.29 is 14.0 Å². The van der Waals surface area contributed by atoms with Crippen molar-refractivity contribution in [3.63, 3.8) is 0 Å². The smallest absolute Gasteiger partial charge is 0.228 e. The van der Waals surface area contributed by atoms with E-state index in [0.29, 0.717) is 12.1 Å². The first kappa shape index (κ1) is 18.2. The van der Waals surface area contributed by atoms with Gasteiger partial charge in [0.15, 0.2) is 0 Å². The third kappa shape index (κ3) is 3.38. The highest BCUT2D eigenvalue weighted by atomic mass is 19.1. The van der Waals surface area contributed by atoms with Crippen LogP contribution >= 0.6 is 0 Å². The Kier molecular flexibility index (Phi) is 4.63. The van der Waals surface area contributed by atoms with E-state index >= 15 is 0 Å². The monoisotopic (exact) mass is 379 g/mol. The summed E-state index contributed by atoms with van der Waals surface area (Å²) in [6.07, 6.45) is 1.62. The van der Waals surface area contributed by atoms with Gasteiger partial charge in [-0.25, -0.2) is 4.39 Å². The minimum absolute atomic E-state index is 0.141. The van der Waals surface area contributed by atoms with E-state index in [9.17, 15) is 14.0 Å². The lowest BCUT2D eigenvalue weighted by Crippen LogP contribution is -2.24. The number of carbonyl (C=O) groups excluding carboxylic acids is 2. The number of hydrogen-bond acceptors (Lipinski definition) is 2. The maximum Gasteiger partial charge on any atom is 0.228 e. The molecule has 2 N–H and O–H groups in total. The molecule has 0 aliphatic carbocycles. The maximum atomic E-state index is 13.6. The standard InChI is InChI=1S/C22H22FN3O2/c1-13-10-16(6-8-20(13)26-9-3-4-22(26)28)25-21(27)12-17-14(2)24-19-7-5-15(23)11-18(17)19/h5-8,10-11,24H,3-4,9,12H2,1-2H3,(H,25,27). The molecular formula is C22H22FN3O2. The third-order valence-corrected chi connectivity index (χ3v) is 5.26. The van der Waals surface area contributed by atoms with Gasteiger partial charge in [0.2, 0.25) is 11.8 Å². The highest BCUT2D eigenvalue weighted by Crippen LogP contribution is 2.28. The molecule has 0 spiro atoms. The fourth-order valence-electron chi connectivity index (χ4n) is 3.89. The van der Waals surface area contributed by atoms with Gasteiger partial charge in [-0.05, 0) is 67.8 Å². The molecule has 1 aliphatic rings. The lowest BCUT2D eigenvalue weighted by molar-refractivity contribution is -0.117. The predicted octanol–water partition coefficient (Wildman–Crippen LogP) is 4.23. The highest BCUT2D eigenvalue weighted by Gasteiger charge is 2.23. The summed E-state index contributed by atoms with van der Waals surface area (Å²) in [5, 5.41) is 3.64. The van der Waals surface area contributed by atoms with Crippen LogP contribution in [0.15, 0.2) is 36.4 Å². The number of hydrogen-bond donors (Lipinski definition) is 2. The van der Waals surface area contributed by atoms with Gasteiger partial charge in [-0.15, -0.1) is 0 Å². The number of carbonyl (C=O) groups is 2. The highest BCUT2D eigenvalue weighted by molar-refractivity contribution is 5.98. The zero-order valence-electron chi connectivity index (χ0n) is 15.9. The zero-order valence-corrected chi connectivity index (χ0v) is 15.9. The molecular weight excluding hydrogens is 357 g/mol. The van der Waals surface area contributed by atoms with Crippen LogP contribution in [0.5, 0.6) is 0 Å². The number of halogens is 1. The van der Waals surface area contributed by atoms with Crippen LogP contribution < -0.4 is 10.2 Å². The van der Waals surface area contributed by atoms with Crippen molar-refractivity contribution in [2.75, 3.05) is 16.8 Å². The maximum absolute atomic E-state index is 13.6. The summed E-state index contributed by atoms with van der Waals surface area (Å²) in [6.45, 7) is 4.55. The van der Waals surface area contributed by atoms with Crippen LogP contribution in [-0.4, -0.2) is 23.3 Å². The normalized spacial score (nSPS) is 14.1. The number of amides is 2. The molecule has 1 aromatic heterocycles. The van der Waals surface area contributed by atoms with Crippen molar-refractivity contribution in [3.8, 4) is 0 Å². The molecule has 2 heterocycles. The van der Waals surface area contributed by atoms with Gasteiger partial charge < -0.3 is 15.2 Å². The van der Waals surface area contributed by atoms with E-state index in [1.807, 2.05) is 32.0 Å². The zero-order chi connectivity index (χ0) is 19.8. The van der Waals surface area contributed by atoms with Crippen molar-refractivity contribution in [2.45, 2.75) is 33.1 Å². The molecule has 1 saturated heterocycles. The molecule has 0 atom stereocenters. The van der Waals surface area contributed by atoms with Crippen LogP contribution in [0.4, 0.5) is 15.8 Å². The van der Waals surface area contributed by atoms with E-state index in [2.05, 4.69) is 10.3 Å². The van der Waals surface area contributed by atoms with Gasteiger partial charge in [0, 0.05) is 40.9 Å². The van der Waals surface area contributed by atoms with Gasteiger partial charge in [-0.3, -0.25) is 9.59 Å². The van der Waals surface area contributed by atoms with Crippen molar-refractivity contribution in [2.24, 2.45) is 0 Å². The van der Waals surface area contributed by atoms with Crippen LogP contribution in [0.3, 0.4) is 0 Å². The second-order valence-corrected chi connectivity index (χ2v) is 7.29. The fraction of sp³-hybridized carbons (Fsp3) is 0.273. The first-order valence-corrected chi connectivity index (χ1v) is 9.40. The molecule has 28 heavy (non-hydrogen) atoms. The van der Waals surface area contributed by atoms with Crippen molar-refractivity contribution in [1.29, 1.82) is 0 Å². The fourth-order valence-corrected chi connectivity index (χ4v) is 3.89. The Hall–Kier alpha value is -3.15. The number of H-pyrrole nitrogens is 1. The SMILES string of the molecule is Cc1cc(NC(=O)Cc2c(C)[nH]c3ccc(F)cc23)ccc1N1CCCC1=O. The van der Waals surface area contributed by atoms with E-state index in [1.54, 1.807) is 11.0 Å². The molecule has 0 unspecified atom stereocenters. The molecule has 0 radical (unpaired) electrons. The Labute approximate surface area is 162 Å². The van der Waals surface area contributed by atoms with Gasteiger partial charge in [0.05, 0.1) is 6.42 Å². The molecule has 1 fully saturated rings. The van der Waals surface area contributed by atoms with E-state index < -0.39 is 0 Å².